The second kappa shape index (κ2) is 13.4. The van der Waals surface area contributed by atoms with Crippen molar-refractivity contribution in [3.05, 3.63) is 35.4 Å². The van der Waals surface area contributed by atoms with Gasteiger partial charge in [0, 0.05) is 13.3 Å². The van der Waals surface area contributed by atoms with Crippen LogP contribution in [0.3, 0.4) is 0 Å². The highest BCUT2D eigenvalue weighted by Gasteiger charge is 2.49. The Morgan fingerprint density at radius 1 is 0.806 bits per heavy atom. The lowest BCUT2D eigenvalue weighted by Crippen LogP contribution is -2.61. The van der Waals surface area contributed by atoms with E-state index in [1.807, 2.05) is 24.3 Å². The van der Waals surface area contributed by atoms with Crippen LogP contribution in [0.1, 0.15) is 58.1 Å². The summed E-state index contributed by atoms with van der Waals surface area (Å²) in [5.41, 5.74) is 0.0605. The number of esters is 3. The summed E-state index contributed by atoms with van der Waals surface area (Å²) >= 11 is 0. The first-order valence-electron chi connectivity index (χ1n) is 10.7. The summed E-state index contributed by atoms with van der Waals surface area (Å²) in [6.07, 6.45) is 2.15. The fourth-order valence-electron chi connectivity index (χ4n) is 3.14. The first kappa shape index (κ1) is 26.1. The number of ether oxygens (including phenoxy) is 3. The van der Waals surface area contributed by atoms with Crippen molar-refractivity contribution in [3.8, 4) is 0 Å². The van der Waals surface area contributed by atoms with E-state index in [1.54, 1.807) is 20.8 Å². The first-order chi connectivity index (χ1) is 14.8. The highest BCUT2D eigenvalue weighted by molar-refractivity contribution is 6.07. The quantitative estimate of drug-likeness (QED) is 0.288. The molecule has 0 fully saturated rings. The Labute approximate surface area is 183 Å². The number of amides is 1. The molecule has 8 heteroatoms. The largest absolute Gasteiger partial charge is 0.466 e. The van der Waals surface area contributed by atoms with E-state index < -0.39 is 23.4 Å². The number of carbonyl (C=O) groups is 4. The number of benzene rings is 1. The summed E-state index contributed by atoms with van der Waals surface area (Å²) in [4.78, 5) is 48.5. The number of aryl methyl sites for hydroxylation is 2. The van der Waals surface area contributed by atoms with Gasteiger partial charge in [0.25, 0.3) is 0 Å². The molecule has 0 unspecified atom stereocenters. The number of rotatable bonds is 13. The molecule has 0 atom stereocenters. The number of carbonyl (C=O) groups excluding carboxylic acids is 4. The Morgan fingerprint density at radius 3 is 1.74 bits per heavy atom. The van der Waals surface area contributed by atoms with Gasteiger partial charge < -0.3 is 19.5 Å². The zero-order chi connectivity index (χ0) is 23.3. The molecular formula is C23H33NO7. The Kier molecular flexibility index (Phi) is 11.3. The van der Waals surface area contributed by atoms with Crippen LogP contribution in [0.2, 0.25) is 0 Å². The molecule has 0 aliphatic rings. The lowest BCUT2D eigenvalue weighted by Gasteiger charge is -2.29. The van der Waals surface area contributed by atoms with Crippen LogP contribution >= 0.6 is 0 Å². The SMILES string of the molecule is CCOC(=O)CCCc1ccc(CCC(NC(C)=O)(C(=O)OCC)C(=O)OCC)cc1. The zero-order valence-corrected chi connectivity index (χ0v) is 18.8. The Morgan fingerprint density at radius 2 is 1.29 bits per heavy atom. The Bertz CT molecular complexity index is 725. The van der Waals surface area contributed by atoms with Gasteiger partial charge in [0.05, 0.1) is 19.8 Å². The molecule has 0 aliphatic heterocycles. The van der Waals surface area contributed by atoms with Crippen molar-refractivity contribution in [1.29, 1.82) is 0 Å². The third-order valence-electron chi connectivity index (χ3n) is 4.60. The van der Waals surface area contributed by atoms with E-state index in [1.165, 1.54) is 6.92 Å². The van der Waals surface area contributed by atoms with E-state index in [0.717, 1.165) is 17.5 Å². The molecule has 1 aromatic carbocycles. The predicted octanol–water partition coefficient (Wildman–Crippen LogP) is 2.51. The van der Waals surface area contributed by atoms with Crippen LogP contribution in [0.25, 0.3) is 0 Å². The van der Waals surface area contributed by atoms with Crippen molar-refractivity contribution >= 4 is 23.8 Å². The molecule has 0 aromatic heterocycles. The third kappa shape index (κ3) is 8.39. The summed E-state index contributed by atoms with van der Waals surface area (Å²) in [7, 11) is 0. The summed E-state index contributed by atoms with van der Waals surface area (Å²) in [5, 5.41) is 2.46. The molecule has 0 heterocycles. The average Bonchev–Trinajstić information content (AvgIpc) is 2.72. The average molecular weight is 436 g/mol. The van der Waals surface area contributed by atoms with Crippen LogP contribution in [0.5, 0.6) is 0 Å². The van der Waals surface area contributed by atoms with Crippen LogP contribution in [0.15, 0.2) is 24.3 Å². The maximum atomic E-state index is 12.6. The standard InChI is InChI=1S/C23H33NO7/c1-5-29-20(26)10-8-9-18-11-13-19(14-12-18)15-16-23(24-17(4)25,21(27)30-6-2)22(28)31-7-3/h11-14H,5-10,15-16H2,1-4H3,(H,24,25). The minimum Gasteiger partial charge on any atom is -0.466 e. The topological polar surface area (TPSA) is 108 Å². The van der Waals surface area contributed by atoms with Gasteiger partial charge in [-0.2, -0.15) is 0 Å². The van der Waals surface area contributed by atoms with Crippen molar-refractivity contribution in [3.63, 3.8) is 0 Å². The van der Waals surface area contributed by atoms with E-state index in [2.05, 4.69) is 5.32 Å². The van der Waals surface area contributed by atoms with Crippen molar-refractivity contribution in [2.24, 2.45) is 0 Å². The van der Waals surface area contributed by atoms with Crippen LogP contribution in [0, 0.1) is 0 Å². The third-order valence-corrected chi connectivity index (χ3v) is 4.60. The van der Waals surface area contributed by atoms with Crippen LogP contribution < -0.4 is 5.32 Å². The van der Waals surface area contributed by atoms with E-state index in [0.29, 0.717) is 25.9 Å². The fraction of sp³-hybridized carbons (Fsp3) is 0.565. The fourth-order valence-corrected chi connectivity index (χ4v) is 3.14. The molecule has 172 valence electrons. The van der Waals surface area contributed by atoms with Crippen LogP contribution in [0.4, 0.5) is 0 Å². The minimum absolute atomic E-state index is 0.00640. The predicted molar refractivity (Wildman–Crippen MR) is 114 cm³/mol. The molecule has 1 N–H and O–H groups in total. The summed E-state index contributed by atoms with van der Waals surface area (Å²) in [5.74, 6) is -2.40. The van der Waals surface area contributed by atoms with E-state index >= 15 is 0 Å². The Hall–Kier alpha value is -2.90. The molecule has 8 nitrogen and oxygen atoms in total. The molecule has 31 heavy (non-hydrogen) atoms. The zero-order valence-electron chi connectivity index (χ0n) is 18.8. The molecule has 1 amide bonds. The summed E-state index contributed by atoms with van der Waals surface area (Å²) in [6, 6.07) is 7.67. The molecule has 1 aromatic rings. The molecule has 0 saturated carbocycles. The number of hydrogen-bond donors (Lipinski definition) is 1. The molecule has 0 saturated heterocycles. The van der Waals surface area contributed by atoms with Gasteiger partial charge in [-0.25, -0.2) is 9.59 Å². The lowest BCUT2D eigenvalue weighted by atomic mass is 9.90. The highest BCUT2D eigenvalue weighted by Crippen LogP contribution is 2.20. The molecule has 1 rings (SSSR count). The monoisotopic (exact) mass is 435 g/mol. The van der Waals surface area contributed by atoms with E-state index in [-0.39, 0.29) is 25.6 Å². The van der Waals surface area contributed by atoms with Gasteiger partial charge in [-0.3, -0.25) is 9.59 Å². The van der Waals surface area contributed by atoms with Crippen molar-refractivity contribution in [1.82, 2.24) is 5.32 Å². The minimum atomic E-state index is -1.89. The molecule has 0 bridgehead atoms. The normalized spacial score (nSPS) is 10.8. The van der Waals surface area contributed by atoms with Gasteiger partial charge in [0.15, 0.2) is 0 Å². The van der Waals surface area contributed by atoms with Gasteiger partial charge >= 0.3 is 17.9 Å². The van der Waals surface area contributed by atoms with Gasteiger partial charge in [0.1, 0.15) is 0 Å². The molecular weight excluding hydrogens is 402 g/mol. The van der Waals surface area contributed by atoms with Gasteiger partial charge in [-0.15, -0.1) is 0 Å². The van der Waals surface area contributed by atoms with Gasteiger partial charge in [-0.05, 0) is 57.6 Å². The molecule has 0 radical (unpaired) electrons. The van der Waals surface area contributed by atoms with Crippen molar-refractivity contribution < 1.29 is 33.4 Å². The first-order valence-corrected chi connectivity index (χ1v) is 10.7. The van der Waals surface area contributed by atoms with Crippen molar-refractivity contribution in [2.75, 3.05) is 19.8 Å². The van der Waals surface area contributed by atoms with Crippen LogP contribution in [-0.2, 0) is 46.2 Å². The number of hydrogen-bond acceptors (Lipinski definition) is 7. The summed E-state index contributed by atoms with van der Waals surface area (Å²) in [6.45, 7) is 6.79. The van der Waals surface area contributed by atoms with E-state index in [9.17, 15) is 19.2 Å². The van der Waals surface area contributed by atoms with Crippen molar-refractivity contribution in [2.45, 2.75) is 65.3 Å². The molecule has 0 aliphatic carbocycles. The number of nitrogens with one attached hydrogen (secondary N) is 1. The second-order valence-electron chi connectivity index (χ2n) is 7.00. The second-order valence-corrected chi connectivity index (χ2v) is 7.00. The Balaban J connectivity index is 2.86. The molecule has 0 spiro atoms. The van der Waals surface area contributed by atoms with Gasteiger partial charge in [-0.1, -0.05) is 24.3 Å². The summed E-state index contributed by atoms with van der Waals surface area (Å²) < 4.78 is 15.1. The van der Waals surface area contributed by atoms with E-state index in [4.69, 9.17) is 14.2 Å². The van der Waals surface area contributed by atoms with Gasteiger partial charge in [0.2, 0.25) is 11.4 Å². The smallest absolute Gasteiger partial charge is 0.343 e. The maximum absolute atomic E-state index is 12.6. The highest BCUT2D eigenvalue weighted by atomic mass is 16.6. The lowest BCUT2D eigenvalue weighted by molar-refractivity contribution is -0.168. The van der Waals surface area contributed by atoms with Crippen LogP contribution in [-0.4, -0.2) is 49.2 Å². The maximum Gasteiger partial charge on any atom is 0.343 e.